The maximum Gasteiger partial charge on any atom is 0.274 e. The van der Waals surface area contributed by atoms with E-state index in [4.69, 9.17) is 4.42 Å². The van der Waals surface area contributed by atoms with E-state index in [2.05, 4.69) is 4.72 Å². The highest BCUT2D eigenvalue weighted by Gasteiger charge is 2.24. The maximum atomic E-state index is 12.4. The Labute approximate surface area is 128 Å². The molecule has 0 bridgehead atoms. The fraction of sp³-hybridized carbons (Fsp3) is 0.125. The number of hydrogen-bond donors (Lipinski definition) is 2. The lowest BCUT2D eigenvalue weighted by Crippen LogP contribution is -2.30. The second-order valence-electron chi connectivity index (χ2n) is 4.87. The van der Waals surface area contributed by atoms with Crippen molar-refractivity contribution in [3.63, 3.8) is 0 Å². The molecule has 0 aliphatic rings. The Morgan fingerprint density at radius 3 is 2.41 bits per heavy atom. The molecule has 0 saturated carbocycles. The second kappa shape index (κ2) is 5.92. The largest absolute Gasteiger partial charge is 0.443 e. The lowest BCUT2D eigenvalue weighted by Gasteiger charge is -2.15. The van der Waals surface area contributed by atoms with E-state index in [1.807, 2.05) is 12.1 Å². The van der Waals surface area contributed by atoms with Gasteiger partial charge in [-0.3, -0.25) is 0 Å². The minimum absolute atomic E-state index is 0.164. The van der Waals surface area contributed by atoms with Crippen molar-refractivity contribution >= 4 is 21.0 Å². The van der Waals surface area contributed by atoms with Gasteiger partial charge in [-0.15, -0.1) is 0 Å². The van der Waals surface area contributed by atoms with E-state index in [9.17, 15) is 13.5 Å². The summed E-state index contributed by atoms with van der Waals surface area (Å²) in [5.41, 5.74) is 1.19. The predicted molar refractivity (Wildman–Crippen MR) is 82.8 cm³/mol. The minimum Gasteiger partial charge on any atom is -0.443 e. The summed E-state index contributed by atoms with van der Waals surface area (Å²) < 4.78 is 32.7. The molecule has 6 heteroatoms. The number of benzene rings is 2. The number of rotatable bonds is 5. The molecular weight excluding hydrogens is 302 g/mol. The van der Waals surface area contributed by atoms with Gasteiger partial charge in [-0.1, -0.05) is 48.5 Å². The summed E-state index contributed by atoms with van der Waals surface area (Å²) in [4.78, 5) is 0. The topological polar surface area (TPSA) is 79.5 Å². The van der Waals surface area contributed by atoms with Crippen LogP contribution in [0.5, 0.6) is 0 Å². The third-order valence-corrected chi connectivity index (χ3v) is 4.68. The zero-order valence-electron chi connectivity index (χ0n) is 11.6. The number of hydrogen-bond acceptors (Lipinski definition) is 4. The van der Waals surface area contributed by atoms with Gasteiger partial charge in [-0.05, 0) is 11.6 Å². The van der Waals surface area contributed by atoms with Crippen LogP contribution < -0.4 is 4.72 Å². The van der Waals surface area contributed by atoms with Crippen molar-refractivity contribution in [2.45, 2.75) is 11.1 Å². The fourth-order valence-electron chi connectivity index (χ4n) is 2.23. The average molecular weight is 317 g/mol. The highest BCUT2D eigenvalue weighted by Crippen LogP contribution is 2.24. The van der Waals surface area contributed by atoms with Crippen molar-refractivity contribution < 1.29 is 17.9 Å². The van der Waals surface area contributed by atoms with Gasteiger partial charge in [-0.25, -0.2) is 8.42 Å². The van der Waals surface area contributed by atoms with Crippen molar-refractivity contribution in [1.82, 2.24) is 4.72 Å². The van der Waals surface area contributed by atoms with E-state index in [-0.39, 0.29) is 11.7 Å². The van der Waals surface area contributed by atoms with Gasteiger partial charge in [0.2, 0.25) is 5.09 Å². The van der Waals surface area contributed by atoms with Gasteiger partial charge in [0.25, 0.3) is 10.0 Å². The molecule has 22 heavy (non-hydrogen) atoms. The van der Waals surface area contributed by atoms with Crippen LogP contribution in [-0.2, 0) is 10.0 Å². The van der Waals surface area contributed by atoms with Crippen molar-refractivity contribution in [3.05, 3.63) is 66.2 Å². The van der Waals surface area contributed by atoms with Crippen molar-refractivity contribution in [3.8, 4) is 0 Å². The first-order valence-corrected chi connectivity index (χ1v) is 8.25. The van der Waals surface area contributed by atoms with Crippen LogP contribution >= 0.6 is 0 Å². The summed E-state index contributed by atoms with van der Waals surface area (Å²) in [7, 11) is -3.86. The molecule has 0 saturated heterocycles. The molecule has 1 aromatic heterocycles. The summed E-state index contributed by atoms with van der Waals surface area (Å²) in [5, 5.41) is 10.0. The molecule has 3 rings (SSSR count). The summed E-state index contributed by atoms with van der Waals surface area (Å²) in [6, 6.07) is 16.7. The molecule has 5 nitrogen and oxygen atoms in total. The second-order valence-corrected chi connectivity index (χ2v) is 6.52. The molecule has 2 aromatic carbocycles. The van der Waals surface area contributed by atoms with E-state index >= 15 is 0 Å². The fourth-order valence-corrected chi connectivity index (χ4v) is 3.41. The van der Waals surface area contributed by atoms with Gasteiger partial charge in [0.1, 0.15) is 5.58 Å². The SMILES string of the molecule is O=S(=O)(N[C@H](CO)c1ccccc1)c1cc2ccccc2o1. The number of aliphatic hydroxyl groups is 1. The molecule has 1 atom stereocenters. The highest BCUT2D eigenvalue weighted by atomic mass is 32.2. The van der Waals surface area contributed by atoms with Gasteiger partial charge in [0, 0.05) is 11.5 Å². The smallest absolute Gasteiger partial charge is 0.274 e. The number of furan rings is 1. The van der Waals surface area contributed by atoms with Gasteiger partial charge in [0.05, 0.1) is 12.6 Å². The molecule has 0 aliphatic heterocycles. The van der Waals surface area contributed by atoms with Gasteiger partial charge in [0.15, 0.2) is 0 Å². The third-order valence-electron chi connectivity index (χ3n) is 3.35. The Balaban J connectivity index is 1.92. The maximum absolute atomic E-state index is 12.4. The Morgan fingerprint density at radius 1 is 1.05 bits per heavy atom. The Kier molecular flexibility index (Phi) is 3.98. The van der Waals surface area contributed by atoms with Crippen LogP contribution in [-0.4, -0.2) is 20.1 Å². The predicted octanol–water partition coefficient (Wildman–Crippen LogP) is 2.44. The van der Waals surface area contributed by atoms with Gasteiger partial charge in [-0.2, -0.15) is 4.72 Å². The molecule has 0 fully saturated rings. The normalized spacial score (nSPS) is 13.3. The van der Waals surface area contributed by atoms with Crippen LogP contribution in [0.2, 0.25) is 0 Å². The third kappa shape index (κ3) is 2.89. The van der Waals surface area contributed by atoms with Crippen LogP contribution in [0.3, 0.4) is 0 Å². The lowest BCUT2D eigenvalue weighted by atomic mass is 10.1. The molecule has 0 radical (unpaired) electrons. The van der Waals surface area contributed by atoms with Crippen LogP contribution in [0.25, 0.3) is 11.0 Å². The zero-order chi connectivity index (χ0) is 15.6. The molecule has 2 N–H and O–H groups in total. The quantitative estimate of drug-likeness (QED) is 0.757. The van der Waals surface area contributed by atoms with E-state index in [0.29, 0.717) is 16.5 Å². The Hall–Kier alpha value is -2.15. The summed E-state index contributed by atoms with van der Waals surface area (Å²) in [6.07, 6.45) is 0. The van der Waals surface area contributed by atoms with Crippen LogP contribution in [0.4, 0.5) is 0 Å². The number of nitrogens with one attached hydrogen (secondary N) is 1. The standard InChI is InChI=1S/C16H15NO4S/c18-11-14(12-6-2-1-3-7-12)17-22(19,20)16-10-13-8-4-5-9-15(13)21-16/h1-10,14,17-18H,11H2/t14-/m1/s1. The van der Waals surface area contributed by atoms with E-state index < -0.39 is 16.1 Å². The molecule has 1 heterocycles. The van der Waals surface area contributed by atoms with Crippen molar-refractivity contribution in [1.29, 1.82) is 0 Å². The Morgan fingerprint density at radius 2 is 1.73 bits per heavy atom. The van der Waals surface area contributed by atoms with Gasteiger partial charge < -0.3 is 9.52 Å². The van der Waals surface area contributed by atoms with E-state index in [0.717, 1.165) is 0 Å². The number of para-hydroxylation sites is 1. The first kappa shape index (κ1) is 14.8. The summed E-state index contributed by atoms with van der Waals surface area (Å²) in [5.74, 6) is 0. The summed E-state index contributed by atoms with van der Waals surface area (Å²) in [6.45, 7) is -0.344. The zero-order valence-corrected chi connectivity index (χ0v) is 12.5. The summed E-state index contributed by atoms with van der Waals surface area (Å²) >= 11 is 0. The molecule has 0 unspecified atom stereocenters. The number of sulfonamides is 1. The monoisotopic (exact) mass is 317 g/mol. The molecule has 0 spiro atoms. The molecule has 3 aromatic rings. The lowest BCUT2D eigenvalue weighted by molar-refractivity contribution is 0.258. The van der Waals surface area contributed by atoms with Crippen LogP contribution in [0, 0.1) is 0 Å². The van der Waals surface area contributed by atoms with Crippen LogP contribution in [0.15, 0.2) is 70.2 Å². The van der Waals surface area contributed by atoms with Crippen molar-refractivity contribution in [2.24, 2.45) is 0 Å². The van der Waals surface area contributed by atoms with Crippen molar-refractivity contribution in [2.75, 3.05) is 6.61 Å². The minimum atomic E-state index is -3.86. The average Bonchev–Trinajstić information content (AvgIpc) is 2.98. The first-order valence-electron chi connectivity index (χ1n) is 6.77. The molecular formula is C16H15NO4S. The van der Waals surface area contributed by atoms with E-state index in [1.165, 1.54) is 6.07 Å². The number of aliphatic hydroxyl groups excluding tert-OH is 1. The highest BCUT2D eigenvalue weighted by molar-refractivity contribution is 7.89. The van der Waals surface area contributed by atoms with Gasteiger partial charge >= 0.3 is 0 Å². The first-order chi connectivity index (χ1) is 10.6. The molecule has 0 amide bonds. The Bertz CT molecular complexity index is 838. The number of fused-ring (bicyclic) bond motifs is 1. The van der Waals surface area contributed by atoms with E-state index in [1.54, 1.807) is 42.5 Å². The molecule has 114 valence electrons. The van der Waals surface area contributed by atoms with Crippen LogP contribution in [0.1, 0.15) is 11.6 Å². The molecule has 0 aliphatic carbocycles.